The number of carbonyl (C=O) groups excluding carboxylic acids is 2. The van der Waals surface area contributed by atoms with Crippen molar-refractivity contribution in [3.63, 3.8) is 0 Å². The van der Waals surface area contributed by atoms with Crippen LogP contribution in [0.5, 0.6) is 0 Å². The largest absolute Gasteiger partial charge is 0.469 e. The zero-order valence-corrected chi connectivity index (χ0v) is 17.7. The summed E-state index contributed by atoms with van der Waals surface area (Å²) in [4.78, 5) is 31.8. The first kappa shape index (κ1) is 21.4. The predicted octanol–water partition coefficient (Wildman–Crippen LogP) is 3.69. The highest BCUT2D eigenvalue weighted by molar-refractivity contribution is 6.00. The van der Waals surface area contributed by atoms with Crippen LogP contribution in [-0.2, 0) is 9.53 Å². The van der Waals surface area contributed by atoms with Gasteiger partial charge in [-0.05, 0) is 55.2 Å². The molecule has 0 saturated heterocycles. The Morgan fingerprint density at radius 3 is 2.56 bits per heavy atom. The molecule has 0 atom stereocenters. The van der Waals surface area contributed by atoms with E-state index in [0.717, 1.165) is 25.7 Å². The number of rotatable bonds is 7. The van der Waals surface area contributed by atoms with Crippen LogP contribution in [-0.4, -0.2) is 39.2 Å². The monoisotopic (exact) mass is 436 g/mol. The lowest BCUT2D eigenvalue weighted by atomic mass is 9.77. The molecular formula is C22H24N6O4. The van der Waals surface area contributed by atoms with Crippen molar-refractivity contribution in [1.82, 2.24) is 20.2 Å². The zero-order valence-electron chi connectivity index (χ0n) is 17.7. The van der Waals surface area contributed by atoms with Gasteiger partial charge in [0.25, 0.3) is 0 Å². The van der Waals surface area contributed by atoms with E-state index < -0.39 is 5.91 Å². The second-order valence-electron chi connectivity index (χ2n) is 7.70. The highest BCUT2D eigenvalue weighted by Crippen LogP contribution is 2.37. The molecule has 2 N–H and O–H groups in total. The Kier molecular flexibility index (Phi) is 6.69. The third kappa shape index (κ3) is 5.45. The quantitative estimate of drug-likeness (QED) is 0.532. The molecule has 1 aromatic carbocycles. The Morgan fingerprint density at radius 2 is 1.88 bits per heavy atom. The number of methoxy groups -OCH3 is 1. The molecule has 0 aliphatic heterocycles. The first-order valence-corrected chi connectivity index (χ1v) is 10.5. The topological polar surface area (TPSA) is 132 Å². The Labute approximate surface area is 184 Å². The van der Waals surface area contributed by atoms with Gasteiger partial charge in [-0.3, -0.25) is 19.9 Å². The number of nitrogens with zero attached hydrogens (tertiary/aromatic N) is 4. The van der Waals surface area contributed by atoms with Gasteiger partial charge in [0, 0.05) is 24.5 Å². The van der Waals surface area contributed by atoms with Gasteiger partial charge in [-0.15, -0.1) is 5.10 Å². The van der Waals surface area contributed by atoms with Crippen molar-refractivity contribution < 1.29 is 18.7 Å². The molecule has 1 fully saturated rings. The van der Waals surface area contributed by atoms with E-state index >= 15 is 0 Å². The van der Waals surface area contributed by atoms with Gasteiger partial charge >= 0.3 is 23.8 Å². The smallest absolute Gasteiger partial charge is 0.321 e. The van der Waals surface area contributed by atoms with Crippen molar-refractivity contribution in [2.45, 2.75) is 38.0 Å². The molecule has 0 radical (unpaired) electrons. The van der Waals surface area contributed by atoms with Crippen LogP contribution in [0.1, 0.15) is 54.3 Å². The van der Waals surface area contributed by atoms with E-state index in [1.807, 2.05) is 24.3 Å². The number of benzene rings is 1. The number of aromatic nitrogens is 4. The first-order valence-electron chi connectivity index (χ1n) is 10.5. The van der Waals surface area contributed by atoms with Gasteiger partial charge < -0.3 is 14.5 Å². The fraction of sp³-hybridized carbons (Fsp3) is 0.364. The molecule has 1 aliphatic rings. The van der Waals surface area contributed by atoms with Crippen LogP contribution in [0, 0.1) is 5.92 Å². The molecule has 0 spiro atoms. The number of ether oxygens (including phenoxy) is 1. The molecule has 1 amide bonds. The molecule has 166 valence electrons. The lowest BCUT2D eigenvalue weighted by Gasteiger charge is -2.28. The van der Waals surface area contributed by atoms with Crippen molar-refractivity contribution in [1.29, 1.82) is 0 Å². The van der Waals surface area contributed by atoms with Gasteiger partial charge in [0.1, 0.15) is 0 Å². The number of hydrogen-bond acceptors (Lipinski definition) is 9. The molecule has 2 heterocycles. The number of hydrogen-bond donors (Lipinski definition) is 2. The lowest BCUT2D eigenvalue weighted by Crippen LogP contribution is -2.17. The van der Waals surface area contributed by atoms with E-state index in [2.05, 4.69) is 30.8 Å². The minimum absolute atomic E-state index is 0.0498. The summed E-state index contributed by atoms with van der Waals surface area (Å²) < 4.78 is 10.1. The molecule has 2 aromatic heterocycles. The van der Waals surface area contributed by atoms with Gasteiger partial charge in [-0.25, -0.2) is 4.98 Å². The zero-order chi connectivity index (χ0) is 22.3. The minimum Gasteiger partial charge on any atom is -0.469 e. The Hall–Kier alpha value is -3.82. The number of esters is 1. The normalized spacial score (nSPS) is 18.0. The summed E-state index contributed by atoms with van der Waals surface area (Å²) in [6.07, 6.45) is 9.16. The average Bonchev–Trinajstić information content (AvgIpc) is 3.29. The van der Waals surface area contributed by atoms with Gasteiger partial charge in [0.2, 0.25) is 0 Å². The molecule has 32 heavy (non-hydrogen) atoms. The summed E-state index contributed by atoms with van der Waals surface area (Å²) in [5.74, 6) is 0.494. The minimum atomic E-state index is -0.499. The summed E-state index contributed by atoms with van der Waals surface area (Å²) in [5, 5.41) is 13.1. The Morgan fingerprint density at radius 1 is 1.09 bits per heavy atom. The van der Waals surface area contributed by atoms with Crippen LogP contribution in [0.4, 0.5) is 17.5 Å². The molecule has 10 heteroatoms. The van der Waals surface area contributed by atoms with Crippen LogP contribution in [0.3, 0.4) is 0 Å². The van der Waals surface area contributed by atoms with E-state index in [4.69, 9.17) is 9.15 Å². The van der Waals surface area contributed by atoms with Gasteiger partial charge in [-0.2, -0.15) is 0 Å². The van der Waals surface area contributed by atoms with E-state index in [9.17, 15) is 9.59 Å². The molecule has 4 rings (SSSR count). The molecule has 1 saturated carbocycles. The van der Waals surface area contributed by atoms with E-state index in [-0.39, 0.29) is 17.9 Å². The Bertz CT molecular complexity index is 1050. The van der Waals surface area contributed by atoms with Gasteiger partial charge in [0.05, 0.1) is 13.3 Å². The molecule has 10 nitrogen and oxygen atoms in total. The van der Waals surface area contributed by atoms with Gasteiger partial charge in [-0.1, -0.05) is 17.2 Å². The molecular weight excluding hydrogens is 412 g/mol. The van der Waals surface area contributed by atoms with Crippen LogP contribution < -0.4 is 10.6 Å². The van der Waals surface area contributed by atoms with Crippen LogP contribution >= 0.6 is 0 Å². The SMILES string of the molecule is COC(=O)C[C@H]1CC[C@H](c2ccc(NC(=O)c3nnc(Nc4cnccn4)o3)cc2)CC1. The number of amides is 1. The van der Waals surface area contributed by atoms with Crippen molar-refractivity contribution in [3.8, 4) is 0 Å². The average molecular weight is 436 g/mol. The summed E-state index contributed by atoms with van der Waals surface area (Å²) in [5.41, 5.74) is 1.87. The number of carbonyl (C=O) groups is 2. The first-order chi connectivity index (χ1) is 15.6. The summed E-state index contributed by atoms with van der Waals surface area (Å²) in [6, 6.07) is 7.82. The maximum Gasteiger partial charge on any atom is 0.321 e. The number of anilines is 3. The van der Waals surface area contributed by atoms with Gasteiger partial charge in [0.15, 0.2) is 5.82 Å². The van der Waals surface area contributed by atoms with Crippen molar-refractivity contribution in [3.05, 3.63) is 54.3 Å². The highest BCUT2D eigenvalue weighted by atomic mass is 16.5. The van der Waals surface area contributed by atoms with E-state index in [0.29, 0.717) is 29.8 Å². The van der Waals surface area contributed by atoms with Crippen molar-refractivity contribution >= 4 is 29.4 Å². The third-order valence-electron chi connectivity index (χ3n) is 5.59. The van der Waals surface area contributed by atoms with Crippen LogP contribution in [0.2, 0.25) is 0 Å². The standard InChI is InChI=1S/C22H24N6O4/c1-31-19(29)12-14-2-4-15(5-3-14)16-6-8-17(9-7-16)25-20(30)21-27-28-22(32-21)26-18-13-23-10-11-24-18/h6-11,13-15H,2-5,12H2,1H3,(H,25,30)(H,24,26,28)/t14-,15-. The second kappa shape index (κ2) is 9.99. The van der Waals surface area contributed by atoms with E-state index in [1.165, 1.54) is 25.1 Å². The Balaban J connectivity index is 1.29. The molecule has 1 aliphatic carbocycles. The van der Waals surface area contributed by atoms with Crippen LogP contribution in [0.25, 0.3) is 0 Å². The van der Waals surface area contributed by atoms with E-state index in [1.54, 1.807) is 6.20 Å². The summed E-state index contributed by atoms with van der Waals surface area (Å²) >= 11 is 0. The number of nitrogens with one attached hydrogen (secondary N) is 2. The van der Waals surface area contributed by atoms with Crippen molar-refractivity contribution in [2.24, 2.45) is 5.92 Å². The summed E-state index contributed by atoms with van der Waals surface area (Å²) in [6.45, 7) is 0. The van der Waals surface area contributed by atoms with Crippen LogP contribution in [0.15, 0.2) is 47.3 Å². The van der Waals surface area contributed by atoms with Crippen molar-refractivity contribution in [2.75, 3.05) is 17.7 Å². The maximum absolute atomic E-state index is 12.4. The predicted molar refractivity (Wildman–Crippen MR) is 115 cm³/mol. The fourth-order valence-electron chi connectivity index (χ4n) is 3.88. The fourth-order valence-corrected chi connectivity index (χ4v) is 3.88. The second-order valence-corrected chi connectivity index (χ2v) is 7.70. The molecule has 0 bridgehead atoms. The summed E-state index contributed by atoms with van der Waals surface area (Å²) in [7, 11) is 1.43. The molecule has 0 unspecified atom stereocenters. The highest BCUT2D eigenvalue weighted by Gasteiger charge is 2.24. The third-order valence-corrected chi connectivity index (χ3v) is 5.59. The lowest BCUT2D eigenvalue weighted by molar-refractivity contribution is -0.142. The molecule has 3 aromatic rings. The maximum atomic E-state index is 12.4.